The molecule has 1 aromatic rings. The highest BCUT2D eigenvalue weighted by Crippen LogP contribution is 2.27. The van der Waals surface area contributed by atoms with Crippen LogP contribution in [0.4, 0.5) is 0 Å². The molecule has 2 heterocycles. The maximum Gasteiger partial charge on any atom is 0.243 e. The minimum Gasteiger partial charge on any atom is -0.314 e. The maximum absolute atomic E-state index is 12.6. The number of rotatable bonds is 3. The van der Waals surface area contributed by atoms with Gasteiger partial charge in [-0.05, 0) is 30.7 Å². The number of aryl methyl sites for hydroxylation is 1. The summed E-state index contributed by atoms with van der Waals surface area (Å²) in [5.74, 6) is 0. The van der Waals surface area contributed by atoms with Crippen LogP contribution in [-0.2, 0) is 10.0 Å². The molecule has 2 fully saturated rings. The number of nitrogens with one attached hydrogen (secondary N) is 1. The molecule has 7 heteroatoms. The molecule has 0 bridgehead atoms. The number of halogens is 1. The van der Waals surface area contributed by atoms with Crippen molar-refractivity contribution in [1.29, 1.82) is 0 Å². The fraction of sp³-hybridized carbons (Fsp3) is 0.571. The third-order valence-corrected chi connectivity index (χ3v) is 6.98. The molecule has 3 rings (SSSR count). The van der Waals surface area contributed by atoms with Crippen LogP contribution in [0.25, 0.3) is 0 Å². The van der Waals surface area contributed by atoms with Crippen molar-refractivity contribution >= 4 is 26.0 Å². The largest absolute Gasteiger partial charge is 0.314 e. The number of hydrogen-bond acceptors (Lipinski definition) is 4. The van der Waals surface area contributed by atoms with E-state index in [9.17, 15) is 8.42 Å². The topological polar surface area (TPSA) is 52.7 Å². The molecular weight excluding hydrogens is 354 g/mol. The van der Waals surface area contributed by atoms with Crippen LogP contribution in [-0.4, -0.2) is 62.9 Å². The molecule has 2 saturated heterocycles. The van der Waals surface area contributed by atoms with Crippen molar-refractivity contribution < 1.29 is 8.42 Å². The van der Waals surface area contributed by atoms with Gasteiger partial charge in [-0.15, -0.1) is 0 Å². The second-order valence-electron chi connectivity index (χ2n) is 5.67. The zero-order chi connectivity index (χ0) is 15.0. The van der Waals surface area contributed by atoms with E-state index in [1.54, 1.807) is 22.5 Å². The van der Waals surface area contributed by atoms with Crippen molar-refractivity contribution in [2.75, 3.05) is 39.3 Å². The molecule has 116 valence electrons. The van der Waals surface area contributed by atoms with Crippen molar-refractivity contribution in [3.8, 4) is 0 Å². The molecule has 21 heavy (non-hydrogen) atoms. The van der Waals surface area contributed by atoms with Gasteiger partial charge in [0, 0.05) is 49.8 Å². The first kappa shape index (κ1) is 15.4. The first-order valence-corrected chi connectivity index (χ1v) is 9.43. The van der Waals surface area contributed by atoms with E-state index >= 15 is 0 Å². The van der Waals surface area contributed by atoms with Crippen LogP contribution in [0.3, 0.4) is 0 Å². The molecule has 0 radical (unpaired) electrons. The predicted molar refractivity (Wildman–Crippen MR) is 85.9 cm³/mol. The van der Waals surface area contributed by atoms with Crippen molar-refractivity contribution in [2.45, 2.75) is 17.9 Å². The maximum atomic E-state index is 12.6. The fourth-order valence-corrected chi connectivity index (χ4v) is 4.66. The third kappa shape index (κ3) is 3.03. The van der Waals surface area contributed by atoms with E-state index in [1.165, 1.54) is 0 Å². The van der Waals surface area contributed by atoms with Crippen LogP contribution in [0.2, 0.25) is 0 Å². The summed E-state index contributed by atoms with van der Waals surface area (Å²) in [5, 5.41) is 3.32. The summed E-state index contributed by atoms with van der Waals surface area (Å²) in [7, 11) is -3.34. The summed E-state index contributed by atoms with van der Waals surface area (Å²) in [6.07, 6.45) is 0. The van der Waals surface area contributed by atoms with E-state index in [1.807, 2.05) is 6.92 Å². The Hall–Kier alpha value is -0.470. The van der Waals surface area contributed by atoms with Crippen LogP contribution >= 0.6 is 15.9 Å². The van der Waals surface area contributed by atoms with E-state index in [0.717, 1.165) is 36.2 Å². The van der Waals surface area contributed by atoms with Gasteiger partial charge in [0.25, 0.3) is 0 Å². The Morgan fingerprint density at radius 2 is 1.90 bits per heavy atom. The molecule has 2 aliphatic heterocycles. The van der Waals surface area contributed by atoms with Gasteiger partial charge in [-0.3, -0.25) is 4.90 Å². The second kappa shape index (κ2) is 5.96. The number of nitrogens with zero attached hydrogens (tertiary/aromatic N) is 2. The Morgan fingerprint density at radius 1 is 1.24 bits per heavy atom. The Labute approximate surface area is 134 Å². The summed E-state index contributed by atoms with van der Waals surface area (Å²) in [4.78, 5) is 2.77. The van der Waals surface area contributed by atoms with Gasteiger partial charge in [-0.1, -0.05) is 15.9 Å². The minimum absolute atomic E-state index is 0.374. The van der Waals surface area contributed by atoms with Crippen molar-refractivity contribution in [3.63, 3.8) is 0 Å². The Balaban J connectivity index is 1.68. The van der Waals surface area contributed by atoms with Crippen LogP contribution in [0.5, 0.6) is 0 Å². The first-order chi connectivity index (χ1) is 9.98. The summed E-state index contributed by atoms with van der Waals surface area (Å²) >= 11 is 3.40. The summed E-state index contributed by atoms with van der Waals surface area (Å²) in [6, 6.07) is 5.58. The quantitative estimate of drug-likeness (QED) is 0.859. The van der Waals surface area contributed by atoms with E-state index in [4.69, 9.17) is 0 Å². The summed E-state index contributed by atoms with van der Waals surface area (Å²) in [5.41, 5.74) is 0.940. The predicted octanol–water partition coefficient (Wildman–Crippen LogP) is 1.04. The molecule has 5 nitrogen and oxygen atoms in total. The number of sulfonamides is 1. The van der Waals surface area contributed by atoms with Crippen LogP contribution in [0.15, 0.2) is 27.6 Å². The van der Waals surface area contributed by atoms with Gasteiger partial charge >= 0.3 is 0 Å². The van der Waals surface area contributed by atoms with Gasteiger partial charge < -0.3 is 5.32 Å². The van der Waals surface area contributed by atoms with Gasteiger partial charge in [0.1, 0.15) is 0 Å². The Bertz CT molecular complexity index is 623. The molecule has 1 aromatic carbocycles. The van der Waals surface area contributed by atoms with Gasteiger partial charge in [0.2, 0.25) is 10.0 Å². The van der Waals surface area contributed by atoms with Gasteiger partial charge in [0.05, 0.1) is 4.90 Å². The Morgan fingerprint density at radius 3 is 2.52 bits per heavy atom. The molecule has 0 aromatic heterocycles. The molecule has 0 unspecified atom stereocenters. The third-order valence-electron chi connectivity index (χ3n) is 4.26. The molecule has 1 N–H and O–H groups in total. The number of piperazine rings is 1. The second-order valence-corrected chi connectivity index (χ2v) is 8.47. The standard InChI is InChI=1S/C14H20BrN3O2S/c1-11-8-13(2-3-14(11)15)21(19,20)18-9-12(10-18)17-6-4-16-5-7-17/h2-3,8,12,16H,4-7,9-10H2,1H3. The van der Waals surface area contributed by atoms with Crippen molar-refractivity contribution in [1.82, 2.24) is 14.5 Å². The molecule has 2 aliphatic rings. The monoisotopic (exact) mass is 373 g/mol. The summed E-state index contributed by atoms with van der Waals surface area (Å²) < 4.78 is 27.7. The van der Waals surface area contributed by atoms with Crippen molar-refractivity contribution in [2.24, 2.45) is 0 Å². The van der Waals surface area contributed by atoms with E-state index in [2.05, 4.69) is 26.1 Å². The number of hydrogen-bond donors (Lipinski definition) is 1. The van der Waals surface area contributed by atoms with Gasteiger partial charge in [0.15, 0.2) is 0 Å². The van der Waals surface area contributed by atoms with E-state index < -0.39 is 10.0 Å². The van der Waals surface area contributed by atoms with E-state index in [-0.39, 0.29) is 0 Å². The lowest BCUT2D eigenvalue weighted by molar-refractivity contribution is 0.0773. The normalized spacial score (nSPS) is 22.2. The summed E-state index contributed by atoms with van der Waals surface area (Å²) in [6.45, 7) is 7.13. The zero-order valence-electron chi connectivity index (χ0n) is 12.0. The molecule has 0 amide bonds. The zero-order valence-corrected chi connectivity index (χ0v) is 14.5. The number of benzene rings is 1. The van der Waals surface area contributed by atoms with Gasteiger partial charge in [-0.25, -0.2) is 8.42 Å². The van der Waals surface area contributed by atoms with Crippen molar-refractivity contribution in [3.05, 3.63) is 28.2 Å². The molecular formula is C14H20BrN3O2S. The smallest absolute Gasteiger partial charge is 0.243 e. The average molecular weight is 374 g/mol. The van der Waals surface area contributed by atoms with E-state index in [0.29, 0.717) is 24.0 Å². The average Bonchev–Trinajstić information content (AvgIpc) is 2.41. The SMILES string of the molecule is Cc1cc(S(=O)(=O)N2CC(N3CCNCC3)C2)ccc1Br. The highest BCUT2D eigenvalue weighted by Gasteiger charge is 2.39. The first-order valence-electron chi connectivity index (χ1n) is 7.19. The van der Waals surface area contributed by atoms with Crippen LogP contribution in [0, 0.1) is 6.92 Å². The van der Waals surface area contributed by atoms with Gasteiger partial charge in [-0.2, -0.15) is 4.31 Å². The lowest BCUT2D eigenvalue weighted by Gasteiger charge is -2.45. The lowest BCUT2D eigenvalue weighted by Crippen LogP contribution is -2.63. The highest BCUT2D eigenvalue weighted by atomic mass is 79.9. The highest BCUT2D eigenvalue weighted by molar-refractivity contribution is 9.10. The minimum atomic E-state index is -3.34. The molecule has 0 aliphatic carbocycles. The molecule has 0 atom stereocenters. The van der Waals surface area contributed by atoms with Crippen LogP contribution < -0.4 is 5.32 Å². The Kier molecular flexibility index (Phi) is 4.38. The molecule has 0 spiro atoms. The molecule has 0 saturated carbocycles. The van der Waals surface area contributed by atoms with Crippen LogP contribution in [0.1, 0.15) is 5.56 Å². The fourth-order valence-electron chi connectivity index (χ4n) is 2.82. The lowest BCUT2D eigenvalue weighted by atomic mass is 10.1.